The number of hydrogen-bond acceptors (Lipinski definition) is 5. The van der Waals surface area contributed by atoms with Gasteiger partial charge in [-0.05, 0) is 44.4 Å². The van der Waals surface area contributed by atoms with Gasteiger partial charge in [0.15, 0.2) is 0 Å². The molecule has 1 atom stereocenters. The first-order valence-corrected chi connectivity index (χ1v) is 11.4. The van der Waals surface area contributed by atoms with E-state index in [0.717, 1.165) is 36.2 Å². The Morgan fingerprint density at radius 1 is 1.21 bits per heavy atom. The zero-order chi connectivity index (χ0) is 23.2. The third-order valence-corrected chi connectivity index (χ3v) is 6.15. The fourth-order valence-corrected chi connectivity index (χ4v) is 4.34. The lowest BCUT2D eigenvalue weighted by Crippen LogP contribution is -2.39. The summed E-state index contributed by atoms with van der Waals surface area (Å²) >= 11 is 0. The molecule has 1 aliphatic heterocycles. The maximum absolute atomic E-state index is 13.8. The highest BCUT2D eigenvalue weighted by Crippen LogP contribution is 2.35. The molecule has 2 aromatic carbocycles. The maximum atomic E-state index is 13.8. The Hall–Kier alpha value is -3.19. The molecule has 7 heteroatoms. The van der Waals surface area contributed by atoms with Crippen molar-refractivity contribution in [3.8, 4) is 11.3 Å². The molecule has 1 unspecified atom stereocenters. The second-order valence-electron chi connectivity index (χ2n) is 8.45. The van der Waals surface area contributed by atoms with Crippen LogP contribution in [0, 0.1) is 5.82 Å². The topological polar surface area (TPSA) is 58.8 Å². The largest absolute Gasteiger partial charge is 0.383 e. The highest BCUT2D eigenvalue weighted by molar-refractivity contribution is 5.94. The van der Waals surface area contributed by atoms with Gasteiger partial charge in [-0.1, -0.05) is 41.6 Å². The van der Waals surface area contributed by atoms with Crippen LogP contribution >= 0.6 is 0 Å². The number of ether oxygens (including phenoxy) is 1. The monoisotopic (exact) mass is 451 g/mol. The molecule has 0 saturated carbocycles. The first-order chi connectivity index (χ1) is 16.1. The Balaban J connectivity index is 1.73. The molecule has 1 aromatic heterocycles. The fraction of sp³-hybridized carbons (Fsp3) is 0.385. The number of halogens is 1. The zero-order valence-electron chi connectivity index (χ0n) is 19.2. The smallest absolute Gasteiger partial charge is 0.254 e. The summed E-state index contributed by atoms with van der Waals surface area (Å²) in [4.78, 5) is 17.3. The normalized spacial score (nSPS) is 16.1. The predicted octanol–water partition coefficient (Wildman–Crippen LogP) is 5.15. The van der Waals surface area contributed by atoms with Crippen molar-refractivity contribution >= 4 is 11.8 Å². The molecule has 3 aromatic rings. The molecule has 0 bridgehead atoms. The quantitative estimate of drug-likeness (QED) is 0.474. The van der Waals surface area contributed by atoms with Gasteiger partial charge in [0.05, 0.1) is 18.7 Å². The molecule has 1 fully saturated rings. The third-order valence-electron chi connectivity index (χ3n) is 6.15. The summed E-state index contributed by atoms with van der Waals surface area (Å²) < 4.78 is 25.0. The van der Waals surface area contributed by atoms with E-state index in [4.69, 9.17) is 9.26 Å². The van der Waals surface area contributed by atoms with E-state index in [2.05, 4.69) is 17.0 Å². The van der Waals surface area contributed by atoms with Crippen LogP contribution in [0.25, 0.3) is 11.3 Å². The Kier molecular flexibility index (Phi) is 7.40. The van der Waals surface area contributed by atoms with Gasteiger partial charge in [0.1, 0.15) is 11.5 Å². The van der Waals surface area contributed by atoms with Gasteiger partial charge in [-0.3, -0.25) is 4.79 Å². The van der Waals surface area contributed by atoms with Crippen LogP contribution in [0.4, 0.5) is 10.3 Å². The lowest BCUT2D eigenvalue weighted by atomic mass is 10.0. The summed E-state index contributed by atoms with van der Waals surface area (Å²) in [5, 5.41) is 4.43. The molecule has 0 N–H and O–H groups in total. The van der Waals surface area contributed by atoms with Crippen LogP contribution < -0.4 is 4.90 Å². The second kappa shape index (κ2) is 10.6. The fourth-order valence-electron chi connectivity index (χ4n) is 4.34. The Labute approximate surface area is 193 Å². The minimum Gasteiger partial charge on any atom is -0.383 e. The van der Waals surface area contributed by atoms with E-state index in [1.54, 1.807) is 24.1 Å². The summed E-state index contributed by atoms with van der Waals surface area (Å²) in [5.41, 5.74) is 2.81. The van der Waals surface area contributed by atoms with Gasteiger partial charge in [0.25, 0.3) is 5.91 Å². The molecule has 174 valence electrons. The van der Waals surface area contributed by atoms with Crippen molar-refractivity contribution in [2.24, 2.45) is 0 Å². The number of rotatable bonds is 8. The third kappa shape index (κ3) is 5.25. The van der Waals surface area contributed by atoms with E-state index in [9.17, 15) is 9.18 Å². The minimum absolute atomic E-state index is 0.260. The molecule has 1 amide bonds. The predicted molar refractivity (Wildman–Crippen MR) is 126 cm³/mol. The SMILES string of the molecule is COCCN(Cc1c(-c2ccccc2)noc1N1CCCCC1C)C(=O)c1cccc(F)c1. The zero-order valence-corrected chi connectivity index (χ0v) is 19.2. The van der Waals surface area contributed by atoms with Gasteiger partial charge in [-0.15, -0.1) is 0 Å². The number of piperidine rings is 1. The van der Waals surface area contributed by atoms with E-state index in [-0.39, 0.29) is 12.5 Å². The van der Waals surface area contributed by atoms with Crippen molar-refractivity contribution < 1.29 is 18.4 Å². The van der Waals surface area contributed by atoms with Crippen molar-refractivity contribution in [1.82, 2.24) is 10.1 Å². The van der Waals surface area contributed by atoms with Crippen LogP contribution in [0.1, 0.15) is 42.1 Å². The van der Waals surface area contributed by atoms with Gasteiger partial charge in [0.2, 0.25) is 5.88 Å². The first-order valence-electron chi connectivity index (χ1n) is 11.4. The number of hydrogen-bond donors (Lipinski definition) is 0. The number of benzene rings is 2. The van der Waals surface area contributed by atoms with Gasteiger partial charge < -0.3 is 19.1 Å². The maximum Gasteiger partial charge on any atom is 0.254 e. The average Bonchev–Trinajstić information content (AvgIpc) is 3.25. The van der Waals surface area contributed by atoms with E-state index in [0.29, 0.717) is 30.6 Å². The number of carbonyl (C=O) groups is 1. The summed E-state index contributed by atoms with van der Waals surface area (Å²) in [5.74, 6) is 0.00485. The average molecular weight is 452 g/mol. The molecule has 2 heterocycles. The number of aromatic nitrogens is 1. The van der Waals surface area contributed by atoms with Crippen LogP contribution in [0.2, 0.25) is 0 Å². The highest BCUT2D eigenvalue weighted by atomic mass is 19.1. The molecule has 0 spiro atoms. The number of anilines is 1. The lowest BCUT2D eigenvalue weighted by molar-refractivity contribution is 0.0680. The lowest BCUT2D eigenvalue weighted by Gasteiger charge is -2.34. The van der Waals surface area contributed by atoms with E-state index in [1.807, 2.05) is 30.3 Å². The van der Waals surface area contributed by atoms with Crippen molar-refractivity contribution in [2.45, 2.75) is 38.8 Å². The van der Waals surface area contributed by atoms with Crippen LogP contribution in [0.5, 0.6) is 0 Å². The second-order valence-corrected chi connectivity index (χ2v) is 8.45. The van der Waals surface area contributed by atoms with Crippen LogP contribution in [-0.4, -0.2) is 48.8 Å². The number of amides is 1. The molecular formula is C26H30FN3O3. The molecule has 1 aliphatic rings. The van der Waals surface area contributed by atoms with Crippen molar-refractivity contribution in [2.75, 3.05) is 31.7 Å². The van der Waals surface area contributed by atoms with Crippen molar-refractivity contribution in [3.05, 3.63) is 71.5 Å². The number of carbonyl (C=O) groups excluding carboxylic acids is 1. The summed E-state index contributed by atoms with van der Waals surface area (Å²) in [6, 6.07) is 15.9. The van der Waals surface area contributed by atoms with Gasteiger partial charge in [-0.2, -0.15) is 0 Å². The van der Waals surface area contributed by atoms with Gasteiger partial charge >= 0.3 is 0 Å². The van der Waals surface area contributed by atoms with E-state index >= 15 is 0 Å². The van der Waals surface area contributed by atoms with Gasteiger partial charge in [-0.25, -0.2) is 4.39 Å². The first kappa shape index (κ1) is 23.0. The summed E-state index contributed by atoms with van der Waals surface area (Å²) in [6.07, 6.45) is 3.35. The van der Waals surface area contributed by atoms with Crippen LogP contribution in [-0.2, 0) is 11.3 Å². The van der Waals surface area contributed by atoms with Crippen LogP contribution in [0.3, 0.4) is 0 Å². The number of nitrogens with zero attached hydrogens (tertiary/aromatic N) is 3. The highest BCUT2D eigenvalue weighted by Gasteiger charge is 2.30. The molecule has 0 radical (unpaired) electrons. The van der Waals surface area contributed by atoms with E-state index in [1.165, 1.54) is 18.6 Å². The Bertz CT molecular complexity index is 1070. The van der Waals surface area contributed by atoms with Crippen LogP contribution in [0.15, 0.2) is 59.1 Å². The molecular weight excluding hydrogens is 421 g/mol. The summed E-state index contributed by atoms with van der Waals surface area (Å²) in [6.45, 7) is 4.08. The minimum atomic E-state index is -0.440. The molecule has 4 rings (SSSR count). The van der Waals surface area contributed by atoms with Gasteiger partial charge in [0, 0.05) is 37.4 Å². The number of methoxy groups -OCH3 is 1. The van der Waals surface area contributed by atoms with Crippen molar-refractivity contribution in [1.29, 1.82) is 0 Å². The molecule has 1 saturated heterocycles. The molecule has 33 heavy (non-hydrogen) atoms. The van der Waals surface area contributed by atoms with Crippen molar-refractivity contribution in [3.63, 3.8) is 0 Å². The molecule has 0 aliphatic carbocycles. The Morgan fingerprint density at radius 2 is 2.03 bits per heavy atom. The summed E-state index contributed by atoms with van der Waals surface area (Å²) in [7, 11) is 1.60. The molecule has 6 nitrogen and oxygen atoms in total. The Morgan fingerprint density at radius 3 is 2.76 bits per heavy atom. The standard InChI is InChI=1S/C26H30FN3O3/c1-19-9-6-7-14-30(19)26-23(24(28-33-26)20-10-4-3-5-11-20)18-29(15-16-32-2)25(31)21-12-8-13-22(27)17-21/h3-5,8,10-13,17,19H,6-7,9,14-16,18H2,1-2H3. The van der Waals surface area contributed by atoms with E-state index < -0.39 is 5.82 Å².